The number of nitriles is 1. The van der Waals surface area contributed by atoms with Crippen LogP contribution >= 0.6 is 11.3 Å². The molecule has 2 aromatic rings. The summed E-state index contributed by atoms with van der Waals surface area (Å²) in [7, 11) is 1.63. The predicted molar refractivity (Wildman–Crippen MR) is 64.6 cm³/mol. The highest BCUT2D eigenvalue weighted by Gasteiger charge is 2.16. The summed E-state index contributed by atoms with van der Waals surface area (Å²) in [5.41, 5.74) is 6.66. The van der Waals surface area contributed by atoms with E-state index in [0.717, 1.165) is 0 Å². The molecule has 0 saturated heterocycles. The van der Waals surface area contributed by atoms with Crippen LogP contribution in [0.5, 0.6) is 0 Å². The highest BCUT2D eigenvalue weighted by molar-refractivity contribution is 7.14. The van der Waals surface area contributed by atoms with Crippen LogP contribution in [0, 0.1) is 11.3 Å². The molecule has 0 unspecified atom stereocenters. The zero-order valence-corrected chi connectivity index (χ0v) is 9.78. The maximum absolute atomic E-state index is 11.9. The Hall–Kier alpha value is -2.33. The van der Waals surface area contributed by atoms with Gasteiger partial charge in [-0.05, 0) is 11.4 Å². The van der Waals surface area contributed by atoms with Gasteiger partial charge in [-0.25, -0.2) is 0 Å². The van der Waals surface area contributed by atoms with Gasteiger partial charge in [0.15, 0.2) is 0 Å². The van der Waals surface area contributed by atoms with Crippen molar-refractivity contribution in [1.82, 2.24) is 9.78 Å². The molecule has 0 saturated carbocycles. The summed E-state index contributed by atoms with van der Waals surface area (Å²) in [4.78, 5) is 11.9. The predicted octanol–water partition coefficient (Wildman–Crippen LogP) is 1.19. The molecule has 2 heterocycles. The molecule has 17 heavy (non-hydrogen) atoms. The molecule has 6 nitrogen and oxygen atoms in total. The van der Waals surface area contributed by atoms with Crippen molar-refractivity contribution in [3.8, 4) is 6.07 Å². The monoisotopic (exact) mass is 247 g/mol. The Morgan fingerprint density at radius 2 is 2.47 bits per heavy atom. The molecule has 0 aliphatic carbocycles. The van der Waals surface area contributed by atoms with Crippen molar-refractivity contribution in [2.75, 3.05) is 11.1 Å². The highest BCUT2D eigenvalue weighted by Crippen LogP contribution is 2.23. The first-order valence-electron chi connectivity index (χ1n) is 4.70. The zero-order valence-electron chi connectivity index (χ0n) is 8.97. The number of nitrogen functional groups attached to an aromatic ring is 1. The van der Waals surface area contributed by atoms with E-state index in [1.54, 1.807) is 18.5 Å². The van der Waals surface area contributed by atoms with E-state index in [4.69, 9.17) is 11.0 Å². The third-order valence-corrected chi connectivity index (χ3v) is 3.02. The number of hydrogen-bond donors (Lipinski definition) is 2. The van der Waals surface area contributed by atoms with E-state index in [1.807, 2.05) is 6.07 Å². The third-order valence-electron chi connectivity index (χ3n) is 2.19. The second kappa shape index (κ2) is 4.27. The van der Waals surface area contributed by atoms with Crippen LogP contribution < -0.4 is 11.1 Å². The lowest BCUT2D eigenvalue weighted by Gasteiger charge is -2.04. The Labute approximate surface area is 101 Å². The first kappa shape index (κ1) is 11.2. The summed E-state index contributed by atoms with van der Waals surface area (Å²) in [6.45, 7) is 0. The topological polar surface area (TPSA) is 96.7 Å². The molecule has 2 aromatic heterocycles. The molecule has 0 bridgehead atoms. The van der Waals surface area contributed by atoms with Gasteiger partial charge < -0.3 is 11.1 Å². The summed E-state index contributed by atoms with van der Waals surface area (Å²) in [6.07, 6.45) is 1.41. The second-order valence-electron chi connectivity index (χ2n) is 3.30. The van der Waals surface area contributed by atoms with Crippen LogP contribution in [-0.4, -0.2) is 15.7 Å². The zero-order chi connectivity index (χ0) is 12.4. The summed E-state index contributed by atoms with van der Waals surface area (Å²) in [5, 5.41) is 17.6. The number of hydrogen-bond acceptors (Lipinski definition) is 5. The molecule has 2 rings (SSSR count). The average Bonchev–Trinajstić information content (AvgIpc) is 2.85. The van der Waals surface area contributed by atoms with E-state index >= 15 is 0 Å². The number of amides is 1. The number of carbonyl (C=O) groups excluding carboxylic acids is 1. The Kier molecular flexibility index (Phi) is 2.80. The molecular weight excluding hydrogens is 238 g/mol. The second-order valence-corrected chi connectivity index (χ2v) is 4.22. The number of aromatic nitrogens is 2. The lowest BCUT2D eigenvalue weighted by atomic mass is 10.3. The van der Waals surface area contributed by atoms with Gasteiger partial charge in [-0.3, -0.25) is 9.48 Å². The van der Waals surface area contributed by atoms with E-state index < -0.39 is 0 Å². The largest absolute Gasteiger partial charge is 0.396 e. The molecule has 7 heteroatoms. The van der Waals surface area contributed by atoms with Gasteiger partial charge in [0.05, 0.1) is 17.4 Å². The molecule has 0 aliphatic rings. The summed E-state index contributed by atoms with van der Waals surface area (Å²) >= 11 is 1.29. The molecule has 0 aromatic carbocycles. The minimum absolute atomic E-state index is 0.280. The fraction of sp³-hybridized carbons (Fsp3) is 0.100. The van der Waals surface area contributed by atoms with E-state index in [-0.39, 0.29) is 11.6 Å². The van der Waals surface area contributed by atoms with Crippen molar-refractivity contribution < 1.29 is 4.79 Å². The number of nitrogens with one attached hydrogen (secondary N) is 1. The minimum atomic E-state index is -0.374. The lowest BCUT2D eigenvalue weighted by molar-refractivity contribution is 0.101. The molecule has 1 amide bonds. The van der Waals surface area contributed by atoms with E-state index in [0.29, 0.717) is 16.3 Å². The molecule has 0 atom stereocenters. The number of thiophene rings is 1. The number of nitrogens with zero attached hydrogens (tertiary/aromatic N) is 3. The van der Waals surface area contributed by atoms with Gasteiger partial charge in [0.25, 0.3) is 5.91 Å². The van der Waals surface area contributed by atoms with Crippen LogP contribution in [0.15, 0.2) is 17.6 Å². The Morgan fingerprint density at radius 3 is 3.06 bits per heavy atom. The molecule has 3 N–H and O–H groups in total. The van der Waals surface area contributed by atoms with Crippen molar-refractivity contribution in [3.63, 3.8) is 0 Å². The normalized spacial score (nSPS) is 9.88. The number of aryl methyl sites for hydroxylation is 1. The van der Waals surface area contributed by atoms with Crippen LogP contribution in [-0.2, 0) is 7.05 Å². The SMILES string of the molecule is Cn1ncc(N)c1C(=O)Nc1sccc1C#N. The Balaban J connectivity index is 2.27. The van der Waals surface area contributed by atoms with Gasteiger partial charge in [-0.2, -0.15) is 10.4 Å². The quantitative estimate of drug-likeness (QED) is 0.832. The van der Waals surface area contributed by atoms with E-state index in [1.165, 1.54) is 22.2 Å². The van der Waals surface area contributed by atoms with Crippen molar-refractivity contribution in [3.05, 3.63) is 28.9 Å². The maximum atomic E-state index is 11.9. The summed E-state index contributed by atoms with van der Waals surface area (Å²) in [6, 6.07) is 3.64. The van der Waals surface area contributed by atoms with E-state index in [9.17, 15) is 4.79 Å². The van der Waals surface area contributed by atoms with Gasteiger partial charge in [0.2, 0.25) is 0 Å². The smallest absolute Gasteiger partial charge is 0.276 e. The number of nitrogens with two attached hydrogens (primary N) is 1. The average molecular weight is 247 g/mol. The van der Waals surface area contributed by atoms with Crippen molar-refractivity contribution in [2.45, 2.75) is 0 Å². The van der Waals surface area contributed by atoms with Gasteiger partial charge in [0.1, 0.15) is 16.8 Å². The number of carbonyl (C=O) groups is 1. The fourth-order valence-corrected chi connectivity index (χ4v) is 2.12. The Morgan fingerprint density at radius 1 is 1.71 bits per heavy atom. The third kappa shape index (κ3) is 1.98. The lowest BCUT2D eigenvalue weighted by Crippen LogP contribution is -2.17. The van der Waals surface area contributed by atoms with Crippen LogP contribution in [0.1, 0.15) is 16.1 Å². The molecule has 0 aliphatic heterocycles. The van der Waals surface area contributed by atoms with Crippen LogP contribution in [0.2, 0.25) is 0 Å². The van der Waals surface area contributed by atoms with E-state index in [2.05, 4.69) is 10.4 Å². The van der Waals surface area contributed by atoms with Crippen molar-refractivity contribution in [2.24, 2.45) is 7.05 Å². The molecule has 86 valence electrons. The fourth-order valence-electron chi connectivity index (χ4n) is 1.39. The standard InChI is InChI=1S/C10H9N5OS/c1-15-8(7(12)5-13-15)9(16)14-10-6(4-11)2-3-17-10/h2-3,5H,12H2,1H3,(H,14,16). The minimum Gasteiger partial charge on any atom is -0.396 e. The summed E-state index contributed by atoms with van der Waals surface area (Å²) < 4.78 is 1.39. The number of anilines is 2. The molecular formula is C10H9N5OS. The summed E-state index contributed by atoms with van der Waals surface area (Å²) in [5.74, 6) is -0.374. The van der Waals surface area contributed by atoms with Crippen LogP contribution in [0.25, 0.3) is 0 Å². The van der Waals surface area contributed by atoms with Crippen LogP contribution in [0.4, 0.5) is 10.7 Å². The Bertz CT molecular complexity index is 587. The van der Waals surface area contributed by atoms with Gasteiger partial charge >= 0.3 is 0 Å². The van der Waals surface area contributed by atoms with Gasteiger partial charge in [-0.15, -0.1) is 11.3 Å². The van der Waals surface area contributed by atoms with Crippen LogP contribution in [0.3, 0.4) is 0 Å². The van der Waals surface area contributed by atoms with Gasteiger partial charge in [0, 0.05) is 7.05 Å². The first-order chi connectivity index (χ1) is 8.13. The highest BCUT2D eigenvalue weighted by atomic mass is 32.1. The maximum Gasteiger partial charge on any atom is 0.276 e. The molecule has 0 fully saturated rings. The van der Waals surface area contributed by atoms with Crippen molar-refractivity contribution >= 4 is 27.9 Å². The molecule has 0 radical (unpaired) electrons. The molecule has 0 spiro atoms. The van der Waals surface area contributed by atoms with Gasteiger partial charge in [-0.1, -0.05) is 0 Å². The van der Waals surface area contributed by atoms with Crippen molar-refractivity contribution in [1.29, 1.82) is 5.26 Å². The first-order valence-corrected chi connectivity index (χ1v) is 5.58. The number of rotatable bonds is 2.